The molecule has 1 aromatic rings. The molecule has 0 saturated heterocycles. The predicted molar refractivity (Wildman–Crippen MR) is 260 cm³/mol. The third-order valence-corrected chi connectivity index (χ3v) is 11.1. The van der Waals surface area contributed by atoms with Crippen LogP contribution in [-0.2, 0) is 6.42 Å². The largest absolute Gasteiger partial charge is 0.504 e. The summed E-state index contributed by atoms with van der Waals surface area (Å²) >= 11 is 0. The van der Waals surface area contributed by atoms with Crippen molar-refractivity contribution < 1.29 is 10.2 Å². The fraction of sp³-hybridized carbons (Fsp3) is 0.536. The smallest absolute Gasteiger partial charge is 0.160 e. The minimum Gasteiger partial charge on any atom is -0.504 e. The van der Waals surface area contributed by atoms with Crippen LogP contribution in [0.5, 0.6) is 11.5 Å². The molecule has 2 heteroatoms. The van der Waals surface area contributed by atoms with Crippen molar-refractivity contribution in [2.45, 2.75) is 198 Å². The van der Waals surface area contributed by atoms with Gasteiger partial charge in [-0.05, 0) is 204 Å². The first kappa shape index (κ1) is 52.2. The average molecular weight is 791 g/mol. The summed E-state index contributed by atoms with van der Waals surface area (Å²) < 4.78 is 0. The van der Waals surface area contributed by atoms with Gasteiger partial charge in [0.2, 0.25) is 0 Å². The van der Waals surface area contributed by atoms with Gasteiger partial charge in [-0.25, -0.2) is 0 Å². The van der Waals surface area contributed by atoms with Crippen LogP contribution in [0, 0.1) is 0 Å². The van der Waals surface area contributed by atoms with Gasteiger partial charge >= 0.3 is 0 Å². The number of allylic oxidation sites excluding steroid dienone is 20. The van der Waals surface area contributed by atoms with Crippen LogP contribution in [0.2, 0.25) is 0 Å². The normalized spacial score (nSPS) is 14.4. The second kappa shape index (κ2) is 32.1. The summed E-state index contributed by atoms with van der Waals surface area (Å²) in [6.07, 6.45) is 45.1. The highest BCUT2D eigenvalue weighted by atomic mass is 16.3. The standard InChI is InChI=1S/C56H86O2/c1-44(2)22-12-23-45(3)24-13-25-46(4)26-14-27-47(5)28-15-29-48(6)30-16-31-49(7)32-17-33-50(8)34-18-35-51(9)36-19-37-52(10)38-20-39-53(11)42-43-54-40-21-41-55(57)56(54)58/h21-22,24,26,28,30,32,34,36,38,40-42,57-58H,12-20,23,25,27,29,31,33,35,37,39,43H2,1-11H3/b45-24+,46-26+,47-28+,48-30+,49-32+,50-34+,51-36+,52-38+,53-42+. The van der Waals surface area contributed by atoms with Crippen molar-refractivity contribution in [3.05, 3.63) is 140 Å². The number of rotatable bonds is 29. The van der Waals surface area contributed by atoms with E-state index >= 15 is 0 Å². The fourth-order valence-corrected chi connectivity index (χ4v) is 6.90. The Morgan fingerprint density at radius 2 is 0.586 bits per heavy atom. The second-order valence-electron chi connectivity index (χ2n) is 17.6. The zero-order valence-electron chi connectivity index (χ0n) is 39.3. The molecule has 0 aromatic heterocycles. The molecular formula is C56H86O2. The molecule has 58 heavy (non-hydrogen) atoms. The minimum absolute atomic E-state index is 0.00895. The Bertz CT molecular complexity index is 1650. The summed E-state index contributed by atoms with van der Waals surface area (Å²) in [7, 11) is 0. The van der Waals surface area contributed by atoms with Crippen molar-refractivity contribution in [2.75, 3.05) is 0 Å². The van der Waals surface area contributed by atoms with E-state index < -0.39 is 0 Å². The number of phenols is 2. The molecule has 0 aliphatic rings. The molecule has 0 amide bonds. The minimum atomic E-state index is -0.0535. The third kappa shape index (κ3) is 28.6. The van der Waals surface area contributed by atoms with Gasteiger partial charge in [0.1, 0.15) is 0 Å². The van der Waals surface area contributed by atoms with Gasteiger partial charge < -0.3 is 10.2 Å². The van der Waals surface area contributed by atoms with Crippen LogP contribution < -0.4 is 0 Å². The maximum Gasteiger partial charge on any atom is 0.160 e. The molecule has 1 rings (SSSR count). The van der Waals surface area contributed by atoms with Crippen molar-refractivity contribution in [1.29, 1.82) is 0 Å². The molecule has 0 saturated carbocycles. The highest BCUT2D eigenvalue weighted by molar-refractivity contribution is 5.45. The molecule has 0 aliphatic carbocycles. The highest BCUT2D eigenvalue weighted by Crippen LogP contribution is 2.29. The second-order valence-corrected chi connectivity index (χ2v) is 17.6. The lowest BCUT2D eigenvalue weighted by atomic mass is 10.0. The van der Waals surface area contributed by atoms with Crippen molar-refractivity contribution >= 4 is 0 Å². The Hall–Kier alpha value is -3.78. The van der Waals surface area contributed by atoms with E-state index in [1.165, 1.54) is 93.9 Å². The Balaban J connectivity index is 2.24. The van der Waals surface area contributed by atoms with Crippen molar-refractivity contribution in [2.24, 2.45) is 0 Å². The summed E-state index contributed by atoms with van der Waals surface area (Å²) in [5.74, 6) is -0.0625. The lowest BCUT2D eigenvalue weighted by Gasteiger charge is -2.05. The van der Waals surface area contributed by atoms with Gasteiger partial charge in [-0.15, -0.1) is 0 Å². The van der Waals surface area contributed by atoms with Gasteiger partial charge in [0.15, 0.2) is 11.5 Å². The van der Waals surface area contributed by atoms with Gasteiger partial charge in [-0.1, -0.05) is 129 Å². The number of benzene rings is 1. The molecule has 0 aliphatic heterocycles. The number of aromatic hydroxyl groups is 2. The van der Waals surface area contributed by atoms with Crippen LogP contribution >= 0.6 is 0 Å². The monoisotopic (exact) mass is 791 g/mol. The summed E-state index contributed by atoms with van der Waals surface area (Å²) in [6.45, 7) is 24.8. The van der Waals surface area contributed by atoms with E-state index in [9.17, 15) is 10.2 Å². The molecule has 0 spiro atoms. The molecule has 2 N–H and O–H groups in total. The number of para-hydroxylation sites is 1. The van der Waals surface area contributed by atoms with Crippen LogP contribution in [-0.4, -0.2) is 10.2 Å². The van der Waals surface area contributed by atoms with E-state index in [2.05, 4.69) is 137 Å². The summed E-state index contributed by atoms with van der Waals surface area (Å²) in [6, 6.07) is 5.14. The third-order valence-electron chi connectivity index (χ3n) is 11.1. The molecule has 322 valence electrons. The van der Waals surface area contributed by atoms with Crippen LogP contribution in [0.15, 0.2) is 135 Å². The predicted octanol–water partition coefficient (Wildman–Crippen LogP) is 18.1. The Morgan fingerprint density at radius 3 is 0.845 bits per heavy atom. The van der Waals surface area contributed by atoms with Crippen LogP contribution in [0.3, 0.4) is 0 Å². The maximum absolute atomic E-state index is 10.0. The molecule has 0 bridgehead atoms. The van der Waals surface area contributed by atoms with Crippen molar-refractivity contribution in [1.82, 2.24) is 0 Å². The van der Waals surface area contributed by atoms with Gasteiger partial charge in [0, 0.05) is 5.56 Å². The molecule has 0 unspecified atom stereocenters. The number of phenolic OH excluding ortho intramolecular Hbond substituents is 2. The molecule has 0 heterocycles. The number of hydrogen-bond donors (Lipinski definition) is 2. The molecule has 2 nitrogen and oxygen atoms in total. The van der Waals surface area contributed by atoms with Crippen LogP contribution in [0.1, 0.15) is 197 Å². The SMILES string of the molecule is CC(C)=CCC/C(C)=C/CC/C(C)=C/CC/C(C)=C/CC/C(C)=C/CC/C(C)=C/CC/C(C)=C/CC/C(C)=C/CC/C(C)=C/CC/C(C)=C/Cc1cccc(O)c1O. The van der Waals surface area contributed by atoms with Gasteiger partial charge in [0.25, 0.3) is 0 Å². The average Bonchev–Trinajstić information content (AvgIpc) is 3.15. The van der Waals surface area contributed by atoms with Crippen LogP contribution in [0.4, 0.5) is 0 Å². The Morgan fingerprint density at radius 1 is 0.345 bits per heavy atom. The molecule has 0 radical (unpaired) electrons. The van der Waals surface area contributed by atoms with E-state index in [0.717, 1.165) is 89.0 Å². The molecule has 1 aromatic carbocycles. The maximum atomic E-state index is 10.0. The fourth-order valence-electron chi connectivity index (χ4n) is 6.90. The lowest BCUT2D eigenvalue weighted by molar-refractivity contribution is 0.400. The topological polar surface area (TPSA) is 40.5 Å². The van der Waals surface area contributed by atoms with Crippen molar-refractivity contribution in [3.63, 3.8) is 0 Å². The van der Waals surface area contributed by atoms with E-state index in [1.807, 2.05) is 6.07 Å². The van der Waals surface area contributed by atoms with E-state index in [-0.39, 0.29) is 11.5 Å². The first-order chi connectivity index (χ1) is 27.7. The summed E-state index contributed by atoms with van der Waals surface area (Å²) in [5, 5.41) is 19.7. The highest BCUT2D eigenvalue weighted by Gasteiger charge is 2.04. The molecule has 0 atom stereocenters. The van der Waals surface area contributed by atoms with E-state index in [4.69, 9.17) is 0 Å². The van der Waals surface area contributed by atoms with Crippen LogP contribution in [0.25, 0.3) is 0 Å². The molecular weight excluding hydrogens is 705 g/mol. The van der Waals surface area contributed by atoms with Gasteiger partial charge in [-0.2, -0.15) is 0 Å². The lowest BCUT2D eigenvalue weighted by Crippen LogP contribution is -1.86. The number of hydrogen-bond acceptors (Lipinski definition) is 2. The quantitative estimate of drug-likeness (QED) is 0.0627. The Kier molecular flexibility index (Phi) is 28.9. The van der Waals surface area contributed by atoms with E-state index in [1.54, 1.807) is 6.07 Å². The van der Waals surface area contributed by atoms with Crippen molar-refractivity contribution in [3.8, 4) is 11.5 Å². The summed E-state index contributed by atoms with van der Waals surface area (Å²) in [5.41, 5.74) is 15.5. The zero-order valence-corrected chi connectivity index (χ0v) is 39.3. The Labute approximate surface area is 358 Å². The van der Waals surface area contributed by atoms with Gasteiger partial charge in [0.05, 0.1) is 0 Å². The van der Waals surface area contributed by atoms with E-state index in [0.29, 0.717) is 6.42 Å². The first-order valence-electron chi connectivity index (χ1n) is 22.7. The molecule has 0 fully saturated rings. The first-order valence-corrected chi connectivity index (χ1v) is 22.7. The van der Waals surface area contributed by atoms with Gasteiger partial charge in [-0.3, -0.25) is 0 Å². The summed E-state index contributed by atoms with van der Waals surface area (Å²) in [4.78, 5) is 0. The zero-order chi connectivity index (χ0) is 43.1.